The van der Waals surface area contributed by atoms with Crippen LogP contribution in [0.5, 0.6) is 5.88 Å². The molecule has 0 spiro atoms. The van der Waals surface area contributed by atoms with Gasteiger partial charge in [-0.15, -0.1) is 0 Å². The van der Waals surface area contributed by atoms with Gasteiger partial charge in [-0.05, 0) is 25.7 Å². The Kier molecular flexibility index (Phi) is 3.88. The summed E-state index contributed by atoms with van der Waals surface area (Å²) in [7, 11) is 0. The summed E-state index contributed by atoms with van der Waals surface area (Å²) in [5, 5.41) is 11.0. The van der Waals surface area contributed by atoms with E-state index in [0.29, 0.717) is 0 Å². The van der Waals surface area contributed by atoms with E-state index in [1.54, 1.807) is 0 Å². The fourth-order valence-electron chi connectivity index (χ4n) is 2.06. The molecule has 0 radical (unpaired) electrons. The van der Waals surface area contributed by atoms with Crippen LogP contribution in [-0.4, -0.2) is 21.0 Å². The Morgan fingerprint density at radius 2 is 2.11 bits per heavy atom. The molecule has 0 aromatic carbocycles. The minimum atomic E-state index is -0.590. The Morgan fingerprint density at radius 3 is 2.72 bits per heavy atom. The van der Waals surface area contributed by atoms with Crippen LogP contribution in [-0.2, 0) is 0 Å². The summed E-state index contributed by atoms with van der Waals surface area (Å²) in [6.45, 7) is 0. The van der Waals surface area contributed by atoms with E-state index >= 15 is 0 Å². The number of nitrogens with two attached hydrogens (primary N) is 1. The quantitative estimate of drug-likeness (QED) is 0.473. The highest BCUT2D eigenvalue weighted by molar-refractivity contribution is 5.60. The number of anilines is 1. The van der Waals surface area contributed by atoms with Crippen molar-refractivity contribution in [2.75, 3.05) is 5.43 Å². The molecule has 1 aromatic heterocycles. The number of hydrogen-bond donors (Lipinski definition) is 2. The van der Waals surface area contributed by atoms with Gasteiger partial charge in [0.15, 0.2) is 0 Å². The maximum Gasteiger partial charge on any atom is 0.374 e. The van der Waals surface area contributed by atoms with E-state index in [-0.39, 0.29) is 23.5 Å². The molecule has 8 nitrogen and oxygen atoms in total. The van der Waals surface area contributed by atoms with Crippen LogP contribution in [0.2, 0.25) is 0 Å². The van der Waals surface area contributed by atoms with Gasteiger partial charge in [0.05, 0.1) is 4.92 Å². The molecule has 0 bridgehead atoms. The molecule has 1 heterocycles. The predicted octanol–water partition coefficient (Wildman–Crippen LogP) is 1.38. The fourth-order valence-corrected chi connectivity index (χ4v) is 2.06. The number of nitrogens with one attached hydrogen (secondary N) is 1. The third-order valence-electron chi connectivity index (χ3n) is 2.94. The number of nitrogen functional groups attached to an aromatic ring is 1. The molecule has 0 saturated heterocycles. The molecule has 0 unspecified atom stereocenters. The Morgan fingerprint density at radius 1 is 1.39 bits per heavy atom. The van der Waals surface area contributed by atoms with E-state index in [1.807, 2.05) is 0 Å². The first-order valence-corrected chi connectivity index (χ1v) is 5.85. The lowest BCUT2D eigenvalue weighted by Gasteiger charge is -2.22. The zero-order chi connectivity index (χ0) is 13.0. The minimum absolute atomic E-state index is 0.0158. The molecule has 0 atom stereocenters. The van der Waals surface area contributed by atoms with E-state index in [9.17, 15) is 10.1 Å². The van der Waals surface area contributed by atoms with Crippen LogP contribution in [0.1, 0.15) is 32.1 Å². The van der Waals surface area contributed by atoms with Gasteiger partial charge in [0.1, 0.15) is 12.4 Å². The van der Waals surface area contributed by atoms with Crippen LogP contribution in [0, 0.1) is 10.1 Å². The van der Waals surface area contributed by atoms with Crippen molar-refractivity contribution in [1.29, 1.82) is 0 Å². The van der Waals surface area contributed by atoms with Gasteiger partial charge in [-0.25, -0.2) is 10.8 Å². The molecule has 1 aliphatic rings. The third kappa shape index (κ3) is 2.65. The normalized spacial score (nSPS) is 16.3. The molecule has 0 aliphatic heterocycles. The van der Waals surface area contributed by atoms with Gasteiger partial charge >= 0.3 is 5.69 Å². The maximum absolute atomic E-state index is 11.0. The van der Waals surface area contributed by atoms with Crippen LogP contribution in [0.25, 0.3) is 0 Å². The Balaban J connectivity index is 2.23. The SMILES string of the molecule is NNc1ncnc(OC2CCCCC2)c1[N+](=O)[O-]. The Bertz CT molecular complexity index is 434. The molecular weight excluding hydrogens is 238 g/mol. The average molecular weight is 253 g/mol. The summed E-state index contributed by atoms with van der Waals surface area (Å²) in [5.41, 5.74) is 1.87. The van der Waals surface area contributed by atoms with Crippen LogP contribution in [0.15, 0.2) is 6.33 Å². The summed E-state index contributed by atoms with van der Waals surface area (Å²) in [5.74, 6) is 5.13. The highest BCUT2D eigenvalue weighted by atomic mass is 16.6. The zero-order valence-corrected chi connectivity index (χ0v) is 9.83. The van der Waals surface area contributed by atoms with Gasteiger partial charge in [-0.1, -0.05) is 6.42 Å². The van der Waals surface area contributed by atoms with Crippen molar-refractivity contribution >= 4 is 11.5 Å². The van der Waals surface area contributed by atoms with Gasteiger partial charge in [-0.2, -0.15) is 4.98 Å². The summed E-state index contributed by atoms with van der Waals surface area (Å²) >= 11 is 0. The lowest BCUT2D eigenvalue weighted by atomic mass is 9.98. The van der Waals surface area contributed by atoms with Crippen LogP contribution in [0.4, 0.5) is 11.5 Å². The highest BCUT2D eigenvalue weighted by Gasteiger charge is 2.26. The average Bonchev–Trinajstić information content (AvgIpc) is 2.39. The molecule has 1 fully saturated rings. The zero-order valence-electron chi connectivity index (χ0n) is 9.83. The standard InChI is InChI=1S/C10H15N5O3/c11-14-9-8(15(16)17)10(13-6-12-9)18-7-4-2-1-3-5-7/h6-7H,1-5,11H2,(H,12,13,14). The topological polar surface area (TPSA) is 116 Å². The number of ether oxygens (including phenoxy) is 1. The summed E-state index contributed by atoms with van der Waals surface area (Å²) in [6.07, 6.45) is 6.30. The summed E-state index contributed by atoms with van der Waals surface area (Å²) in [4.78, 5) is 17.9. The monoisotopic (exact) mass is 253 g/mol. The second-order valence-electron chi connectivity index (χ2n) is 4.16. The van der Waals surface area contributed by atoms with E-state index < -0.39 is 4.92 Å². The van der Waals surface area contributed by atoms with Crippen molar-refractivity contribution in [3.8, 4) is 5.88 Å². The molecule has 0 amide bonds. The second-order valence-corrected chi connectivity index (χ2v) is 4.16. The molecule has 1 saturated carbocycles. The molecule has 1 aromatic rings. The number of aromatic nitrogens is 2. The Labute approximate surface area is 104 Å². The van der Waals surface area contributed by atoms with Crippen molar-refractivity contribution < 1.29 is 9.66 Å². The smallest absolute Gasteiger partial charge is 0.374 e. The van der Waals surface area contributed by atoms with E-state index in [0.717, 1.165) is 25.7 Å². The summed E-state index contributed by atoms with van der Waals surface area (Å²) in [6, 6.07) is 0. The molecular formula is C10H15N5O3. The van der Waals surface area contributed by atoms with Gasteiger partial charge in [0.25, 0.3) is 5.88 Å². The predicted molar refractivity (Wildman–Crippen MR) is 64.0 cm³/mol. The van der Waals surface area contributed by atoms with Crippen molar-refractivity contribution in [2.24, 2.45) is 5.84 Å². The van der Waals surface area contributed by atoms with Crippen LogP contribution < -0.4 is 16.0 Å². The van der Waals surface area contributed by atoms with Gasteiger partial charge in [-0.3, -0.25) is 10.1 Å². The molecule has 98 valence electrons. The largest absolute Gasteiger partial charge is 0.469 e. The highest BCUT2D eigenvalue weighted by Crippen LogP contribution is 2.32. The number of hydrazine groups is 1. The number of nitrogens with zero attached hydrogens (tertiary/aromatic N) is 3. The fraction of sp³-hybridized carbons (Fsp3) is 0.600. The number of nitro groups is 1. The summed E-state index contributed by atoms with van der Waals surface area (Å²) < 4.78 is 5.60. The van der Waals surface area contributed by atoms with E-state index in [2.05, 4.69) is 15.4 Å². The molecule has 2 rings (SSSR count). The second kappa shape index (κ2) is 5.58. The first-order valence-electron chi connectivity index (χ1n) is 5.85. The lowest BCUT2D eigenvalue weighted by molar-refractivity contribution is -0.385. The van der Waals surface area contributed by atoms with Crippen molar-refractivity contribution in [2.45, 2.75) is 38.2 Å². The third-order valence-corrected chi connectivity index (χ3v) is 2.94. The van der Waals surface area contributed by atoms with E-state index in [4.69, 9.17) is 10.6 Å². The number of hydrogen-bond acceptors (Lipinski definition) is 7. The van der Waals surface area contributed by atoms with Gasteiger partial charge < -0.3 is 10.2 Å². The first kappa shape index (κ1) is 12.5. The molecule has 18 heavy (non-hydrogen) atoms. The van der Waals surface area contributed by atoms with Crippen LogP contribution >= 0.6 is 0 Å². The number of rotatable bonds is 4. The van der Waals surface area contributed by atoms with Crippen molar-refractivity contribution in [1.82, 2.24) is 9.97 Å². The molecule has 8 heteroatoms. The molecule has 3 N–H and O–H groups in total. The molecule has 1 aliphatic carbocycles. The first-order chi connectivity index (χ1) is 8.72. The Hall–Kier alpha value is -1.96. The van der Waals surface area contributed by atoms with Crippen LogP contribution in [0.3, 0.4) is 0 Å². The maximum atomic E-state index is 11.0. The minimum Gasteiger partial charge on any atom is -0.469 e. The van der Waals surface area contributed by atoms with Gasteiger partial charge in [0.2, 0.25) is 5.82 Å². The van der Waals surface area contributed by atoms with Gasteiger partial charge in [0, 0.05) is 0 Å². The van der Waals surface area contributed by atoms with E-state index in [1.165, 1.54) is 12.7 Å². The van der Waals surface area contributed by atoms with Crippen molar-refractivity contribution in [3.05, 3.63) is 16.4 Å². The van der Waals surface area contributed by atoms with Crippen molar-refractivity contribution in [3.63, 3.8) is 0 Å². The lowest BCUT2D eigenvalue weighted by Crippen LogP contribution is -2.21.